The molecule has 0 saturated carbocycles. The molecule has 1 rings (SSSR count). The minimum Gasteiger partial charge on any atom is -0.508 e. The molecule has 1 aromatic rings. The molecule has 11 N–H and O–H groups in total. The van der Waals surface area contributed by atoms with Crippen LogP contribution in [0.5, 0.6) is 5.75 Å². The SMILES string of the molecule is CC[C@H](C)[C@H](NC(=O)[C@@H](NC(=O)[C@H](Cc1ccc(O)cc1)NC(C)=O)C(C)C)C(=O)N[C@@H](CC(N)=O)C(=O)N[C@@H](CC(=O)O)C(=O)N[C@@H](CC(C)C)C(=O)O. The van der Waals surface area contributed by atoms with Crippen LogP contribution in [0.15, 0.2) is 24.3 Å². The third kappa shape index (κ3) is 16.9. The minimum absolute atomic E-state index is 0.000252. The zero-order chi connectivity index (χ0) is 42.2. The number of nitrogens with one attached hydrogen (secondary N) is 6. The van der Waals surface area contributed by atoms with Gasteiger partial charge in [0.15, 0.2) is 0 Å². The van der Waals surface area contributed by atoms with Gasteiger partial charge in [-0.2, -0.15) is 0 Å². The van der Waals surface area contributed by atoms with Crippen LogP contribution in [0, 0.1) is 17.8 Å². The molecule has 0 aliphatic carbocycles. The first kappa shape index (κ1) is 47.3. The van der Waals surface area contributed by atoms with Crippen molar-refractivity contribution in [1.29, 1.82) is 0 Å². The highest BCUT2D eigenvalue weighted by Crippen LogP contribution is 2.14. The lowest BCUT2D eigenvalue weighted by Crippen LogP contribution is -2.61. The zero-order valence-electron chi connectivity index (χ0n) is 32.1. The maximum atomic E-state index is 13.7. The second-order valence-corrected chi connectivity index (χ2v) is 14.1. The summed E-state index contributed by atoms with van der Waals surface area (Å²) in [5.74, 6) is -10.6. The van der Waals surface area contributed by atoms with Crippen molar-refractivity contribution in [3.8, 4) is 5.75 Å². The number of hydrogen-bond donors (Lipinski definition) is 10. The maximum Gasteiger partial charge on any atom is 0.326 e. The topological polar surface area (TPSA) is 313 Å². The summed E-state index contributed by atoms with van der Waals surface area (Å²) in [5, 5.41) is 43.0. The van der Waals surface area contributed by atoms with E-state index in [1.165, 1.54) is 19.1 Å². The van der Waals surface area contributed by atoms with Crippen LogP contribution in [-0.2, 0) is 49.6 Å². The first-order valence-corrected chi connectivity index (χ1v) is 17.9. The monoisotopic (exact) mass is 777 g/mol. The summed E-state index contributed by atoms with van der Waals surface area (Å²) in [5.41, 5.74) is 5.94. The molecule has 7 amide bonds. The molecule has 0 unspecified atom stereocenters. The number of carboxylic acid groups (broad SMARTS) is 2. The average Bonchev–Trinajstić information content (AvgIpc) is 3.07. The Hall–Kier alpha value is -5.75. The van der Waals surface area contributed by atoms with E-state index in [4.69, 9.17) is 5.73 Å². The van der Waals surface area contributed by atoms with E-state index in [-0.39, 0.29) is 24.5 Å². The first-order chi connectivity index (χ1) is 25.5. The van der Waals surface area contributed by atoms with Crippen molar-refractivity contribution >= 4 is 53.3 Å². The van der Waals surface area contributed by atoms with Gasteiger partial charge in [-0.15, -0.1) is 0 Å². The largest absolute Gasteiger partial charge is 0.508 e. The summed E-state index contributed by atoms with van der Waals surface area (Å²) >= 11 is 0. The minimum atomic E-state index is -1.82. The summed E-state index contributed by atoms with van der Waals surface area (Å²) in [6.07, 6.45) is -1.44. The molecule has 0 radical (unpaired) electrons. The Bertz CT molecular complexity index is 1550. The van der Waals surface area contributed by atoms with Gasteiger partial charge in [-0.05, 0) is 41.9 Å². The normalized spacial score (nSPS) is 14.9. The van der Waals surface area contributed by atoms with E-state index in [1.807, 2.05) is 0 Å². The summed E-state index contributed by atoms with van der Waals surface area (Å²) in [6, 6.07) is -2.73. The van der Waals surface area contributed by atoms with Gasteiger partial charge in [0, 0.05) is 13.3 Å². The first-order valence-electron chi connectivity index (χ1n) is 17.9. The van der Waals surface area contributed by atoms with Gasteiger partial charge < -0.3 is 53.0 Å². The van der Waals surface area contributed by atoms with E-state index in [9.17, 15) is 58.5 Å². The van der Waals surface area contributed by atoms with Crippen LogP contribution in [0.25, 0.3) is 0 Å². The number of amides is 7. The van der Waals surface area contributed by atoms with Crippen LogP contribution >= 0.6 is 0 Å². The van der Waals surface area contributed by atoms with E-state index in [0.717, 1.165) is 0 Å². The van der Waals surface area contributed by atoms with Crippen LogP contribution in [-0.4, -0.2) is 105 Å². The summed E-state index contributed by atoms with van der Waals surface area (Å²) in [6.45, 7) is 11.2. The molecule has 1 aromatic carbocycles. The molecule has 0 bridgehead atoms. The standard InChI is InChI=1S/C36H55N7O12/c1-8-19(6)30(43-34(52)29(18(4)5)42-33(51)23(38-20(7)44)14-21-9-11-22(45)12-10-21)35(53)40-24(15-27(37)46)31(49)39-25(16-28(47)48)32(50)41-26(36(54)55)13-17(2)3/h9-12,17-19,23-26,29-30,45H,8,13-16H2,1-7H3,(H2,37,46)(H,38,44)(H,39,49)(H,40,53)(H,41,50)(H,42,51)(H,43,52)(H,47,48)(H,54,55)/t19-,23-,24-,25-,26-,29-,30-/m0/s1. The van der Waals surface area contributed by atoms with Gasteiger partial charge in [0.05, 0.1) is 12.8 Å². The van der Waals surface area contributed by atoms with Crippen molar-refractivity contribution < 1.29 is 58.5 Å². The van der Waals surface area contributed by atoms with Gasteiger partial charge in [0.1, 0.15) is 42.0 Å². The lowest BCUT2D eigenvalue weighted by molar-refractivity contribution is -0.144. The van der Waals surface area contributed by atoms with Crippen LogP contribution in [0.3, 0.4) is 0 Å². The number of phenolic OH excluding ortho intramolecular Hbond substituents is 1. The lowest BCUT2D eigenvalue weighted by Gasteiger charge is -2.30. The predicted molar refractivity (Wildman–Crippen MR) is 197 cm³/mol. The van der Waals surface area contributed by atoms with Crippen LogP contribution < -0.4 is 37.6 Å². The molecular formula is C36H55N7O12. The van der Waals surface area contributed by atoms with Crippen molar-refractivity contribution in [3.63, 3.8) is 0 Å². The van der Waals surface area contributed by atoms with Gasteiger partial charge in [-0.1, -0.05) is 60.1 Å². The fourth-order valence-corrected chi connectivity index (χ4v) is 5.35. The molecule has 7 atom stereocenters. The molecule has 0 aliphatic rings. The number of nitrogens with two attached hydrogens (primary N) is 1. The van der Waals surface area contributed by atoms with E-state index in [0.29, 0.717) is 12.0 Å². The third-order valence-corrected chi connectivity index (χ3v) is 8.48. The fraction of sp³-hybridized carbons (Fsp3) is 0.583. The Kier molecular flexibility index (Phi) is 19.3. The van der Waals surface area contributed by atoms with E-state index < -0.39 is 114 Å². The molecule has 0 aliphatic heterocycles. The highest BCUT2D eigenvalue weighted by molar-refractivity contribution is 5.99. The Morgan fingerprint density at radius 3 is 1.56 bits per heavy atom. The van der Waals surface area contributed by atoms with Crippen molar-refractivity contribution in [2.24, 2.45) is 23.5 Å². The van der Waals surface area contributed by atoms with Gasteiger partial charge in [0.25, 0.3) is 0 Å². The van der Waals surface area contributed by atoms with Crippen molar-refractivity contribution in [3.05, 3.63) is 29.8 Å². The molecule has 55 heavy (non-hydrogen) atoms. The molecule has 306 valence electrons. The highest BCUT2D eigenvalue weighted by atomic mass is 16.4. The van der Waals surface area contributed by atoms with Gasteiger partial charge >= 0.3 is 11.9 Å². The molecule has 19 heteroatoms. The molecule has 19 nitrogen and oxygen atoms in total. The van der Waals surface area contributed by atoms with Crippen molar-refractivity contribution in [1.82, 2.24) is 31.9 Å². The van der Waals surface area contributed by atoms with Crippen LogP contribution in [0.4, 0.5) is 0 Å². The Morgan fingerprint density at radius 2 is 1.11 bits per heavy atom. The number of phenols is 1. The quantitative estimate of drug-likeness (QED) is 0.0643. The summed E-state index contributed by atoms with van der Waals surface area (Å²) in [7, 11) is 0. The number of rotatable bonds is 23. The van der Waals surface area contributed by atoms with Crippen LogP contribution in [0.2, 0.25) is 0 Å². The number of aromatic hydroxyl groups is 1. The Balaban J connectivity index is 3.30. The number of carbonyl (C=O) groups is 9. The smallest absolute Gasteiger partial charge is 0.326 e. The number of aliphatic carboxylic acids is 2. The fourth-order valence-electron chi connectivity index (χ4n) is 5.35. The van der Waals surface area contributed by atoms with E-state index >= 15 is 0 Å². The molecule has 0 saturated heterocycles. The van der Waals surface area contributed by atoms with Crippen molar-refractivity contribution in [2.45, 2.75) is 117 Å². The van der Waals surface area contributed by atoms with Gasteiger partial charge in [-0.3, -0.25) is 38.4 Å². The Morgan fingerprint density at radius 1 is 0.636 bits per heavy atom. The van der Waals surface area contributed by atoms with Crippen LogP contribution in [0.1, 0.15) is 79.7 Å². The third-order valence-electron chi connectivity index (χ3n) is 8.48. The second-order valence-electron chi connectivity index (χ2n) is 14.1. The molecule has 0 fully saturated rings. The predicted octanol–water partition coefficient (Wildman–Crippen LogP) is -0.954. The molecule has 0 aromatic heterocycles. The van der Waals surface area contributed by atoms with Crippen molar-refractivity contribution in [2.75, 3.05) is 0 Å². The summed E-state index contributed by atoms with van der Waals surface area (Å²) < 4.78 is 0. The number of hydrogen-bond acceptors (Lipinski definition) is 10. The average molecular weight is 778 g/mol. The maximum absolute atomic E-state index is 13.7. The summed E-state index contributed by atoms with van der Waals surface area (Å²) in [4.78, 5) is 114. The second kappa shape index (κ2) is 22.5. The molecule has 0 heterocycles. The highest BCUT2D eigenvalue weighted by Gasteiger charge is 2.36. The number of primary amides is 1. The molecular weight excluding hydrogens is 722 g/mol. The molecule has 0 spiro atoms. The van der Waals surface area contributed by atoms with E-state index in [1.54, 1.807) is 53.7 Å². The number of benzene rings is 1. The van der Waals surface area contributed by atoms with Gasteiger partial charge in [-0.25, -0.2) is 4.79 Å². The van der Waals surface area contributed by atoms with E-state index in [2.05, 4.69) is 31.9 Å². The number of carbonyl (C=O) groups excluding carboxylic acids is 7. The number of carboxylic acids is 2. The zero-order valence-corrected chi connectivity index (χ0v) is 32.1. The Labute approximate surface area is 319 Å². The van der Waals surface area contributed by atoms with Gasteiger partial charge in [0.2, 0.25) is 41.4 Å². The lowest BCUT2D eigenvalue weighted by atomic mass is 9.95.